The van der Waals surface area contributed by atoms with E-state index < -0.39 is 17.8 Å². The van der Waals surface area contributed by atoms with Crippen LogP contribution in [0.5, 0.6) is 11.5 Å². The van der Waals surface area contributed by atoms with E-state index in [4.69, 9.17) is 21.1 Å². The van der Waals surface area contributed by atoms with Crippen molar-refractivity contribution in [3.05, 3.63) is 93.5 Å². The topological polar surface area (TPSA) is 84.9 Å². The first-order valence-corrected chi connectivity index (χ1v) is 11.8. The van der Waals surface area contributed by atoms with Crippen LogP contribution in [0.4, 0.5) is 10.5 Å². The highest BCUT2D eigenvalue weighted by Gasteiger charge is 2.37. The lowest BCUT2D eigenvalue weighted by Gasteiger charge is -2.26. The second kappa shape index (κ2) is 10.7. The molecule has 8 heteroatoms. The Morgan fingerprint density at radius 2 is 1.67 bits per heavy atom. The molecule has 0 spiro atoms. The largest absolute Gasteiger partial charge is 0.490 e. The number of nitrogens with one attached hydrogen (secondary N) is 1. The number of barbiturate groups is 1. The number of nitrogens with zero attached hydrogens (tertiary/aromatic N) is 1. The molecule has 0 atom stereocenters. The van der Waals surface area contributed by atoms with Gasteiger partial charge in [-0.1, -0.05) is 53.6 Å². The van der Waals surface area contributed by atoms with E-state index in [1.54, 1.807) is 30.3 Å². The van der Waals surface area contributed by atoms with E-state index in [-0.39, 0.29) is 11.3 Å². The van der Waals surface area contributed by atoms with Gasteiger partial charge in [-0.15, -0.1) is 0 Å². The molecule has 0 saturated carbocycles. The lowest BCUT2D eigenvalue weighted by molar-refractivity contribution is -0.122. The predicted octanol–water partition coefficient (Wildman–Crippen LogP) is 5.60. The van der Waals surface area contributed by atoms with Gasteiger partial charge in [-0.25, -0.2) is 9.69 Å². The number of ether oxygens (including phenoxy) is 2. The summed E-state index contributed by atoms with van der Waals surface area (Å²) in [5.41, 5.74) is 3.59. The fourth-order valence-corrected chi connectivity index (χ4v) is 3.80. The summed E-state index contributed by atoms with van der Waals surface area (Å²) >= 11 is 6.18. The third-order valence-corrected chi connectivity index (χ3v) is 6.02. The quantitative estimate of drug-likeness (QED) is 0.334. The molecule has 1 heterocycles. The average molecular weight is 505 g/mol. The number of amides is 4. The molecule has 3 aromatic carbocycles. The van der Waals surface area contributed by atoms with Gasteiger partial charge in [0.05, 0.1) is 12.3 Å². The Bertz CT molecular complexity index is 1360. The van der Waals surface area contributed by atoms with E-state index in [0.717, 1.165) is 21.6 Å². The van der Waals surface area contributed by atoms with E-state index in [9.17, 15) is 14.4 Å². The lowest BCUT2D eigenvalue weighted by Crippen LogP contribution is -2.54. The number of carbonyl (C=O) groups excluding carboxylic acids is 3. The number of hydrogen-bond acceptors (Lipinski definition) is 5. The summed E-state index contributed by atoms with van der Waals surface area (Å²) in [6, 6.07) is 17.1. The second-order valence-corrected chi connectivity index (χ2v) is 8.71. The van der Waals surface area contributed by atoms with Gasteiger partial charge in [0.15, 0.2) is 11.5 Å². The zero-order valence-electron chi connectivity index (χ0n) is 20.1. The summed E-state index contributed by atoms with van der Waals surface area (Å²) in [5.74, 6) is -0.524. The number of hydrogen-bond donors (Lipinski definition) is 1. The molecule has 0 bridgehead atoms. The smallest absolute Gasteiger partial charge is 0.335 e. The normalized spacial score (nSPS) is 14.7. The number of anilines is 1. The number of urea groups is 1. The number of rotatable bonds is 7. The zero-order valence-corrected chi connectivity index (χ0v) is 20.9. The van der Waals surface area contributed by atoms with Crippen molar-refractivity contribution in [2.45, 2.75) is 27.4 Å². The van der Waals surface area contributed by atoms with Gasteiger partial charge in [-0.05, 0) is 67.8 Å². The fraction of sp³-hybridized carbons (Fsp3) is 0.179. The summed E-state index contributed by atoms with van der Waals surface area (Å²) in [5, 5.41) is 2.62. The molecule has 1 fully saturated rings. The van der Waals surface area contributed by atoms with Crippen LogP contribution in [0.3, 0.4) is 0 Å². The summed E-state index contributed by atoms with van der Waals surface area (Å²) < 4.78 is 11.7. The van der Waals surface area contributed by atoms with Gasteiger partial charge in [0, 0.05) is 5.02 Å². The molecule has 1 aliphatic rings. The standard InChI is InChI=1S/C28H25ClN2O5/c1-4-35-25-14-20(10-12-24(25)36-16-19-8-5-17(2)6-9-19)13-22-26(32)30-28(34)31(27(22)33)21-11-7-18(3)23(29)15-21/h5-15H,4,16H2,1-3H3,(H,30,32,34)/b22-13-. The number of benzene rings is 3. The molecule has 36 heavy (non-hydrogen) atoms. The Kier molecular flexibility index (Phi) is 7.41. The number of imide groups is 2. The van der Waals surface area contributed by atoms with Gasteiger partial charge >= 0.3 is 6.03 Å². The van der Waals surface area contributed by atoms with Crippen molar-refractivity contribution in [3.8, 4) is 11.5 Å². The van der Waals surface area contributed by atoms with Crippen molar-refractivity contribution in [1.82, 2.24) is 5.32 Å². The minimum atomic E-state index is -0.836. The molecule has 1 saturated heterocycles. The summed E-state index contributed by atoms with van der Waals surface area (Å²) in [6.45, 7) is 6.44. The Balaban J connectivity index is 1.61. The lowest BCUT2D eigenvalue weighted by atomic mass is 10.1. The van der Waals surface area contributed by atoms with Crippen molar-refractivity contribution in [1.29, 1.82) is 0 Å². The molecule has 0 radical (unpaired) electrons. The van der Waals surface area contributed by atoms with Crippen LogP contribution >= 0.6 is 11.6 Å². The highest BCUT2D eigenvalue weighted by molar-refractivity contribution is 6.39. The molecule has 0 aliphatic carbocycles. The number of aryl methyl sites for hydroxylation is 2. The van der Waals surface area contributed by atoms with E-state index in [2.05, 4.69) is 5.32 Å². The first-order chi connectivity index (χ1) is 17.3. The first kappa shape index (κ1) is 25.0. The van der Waals surface area contributed by atoms with Gasteiger partial charge in [-0.2, -0.15) is 0 Å². The minimum Gasteiger partial charge on any atom is -0.490 e. The van der Waals surface area contributed by atoms with Crippen LogP contribution in [-0.4, -0.2) is 24.5 Å². The van der Waals surface area contributed by atoms with Crippen LogP contribution < -0.4 is 19.7 Å². The molecule has 1 aliphatic heterocycles. The molecule has 0 unspecified atom stereocenters. The molecular formula is C28H25ClN2O5. The zero-order chi connectivity index (χ0) is 25.8. The van der Waals surface area contributed by atoms with Crippen molar-refractivity contribution >= 4 is 41.2 Å². The molecule has 7 nitrogen and oxygen atoms in total. The SMILES string of the molecule is CCOc1cc(/C=C2/C(=O)NC(=O)N(c3ccc(C)c(Cl)c3)C2=O)ccc1OCc1ccc(C)cc1. The Morgan fingerprint density at radius 3 is 2.36 bits per heavy atom. The third-order valence-electron chi connectivity index (χ3n) is 5.61. The third kappa shape index (κ3) is 5.42. The van der Waals surface area contributed by atoms with Gasteiger partial charge in [-0.3, -0.25) is 14.9 Å². The highest BCUT2D eigenvalue weighted by atomic mass is 35.5. The monoisotopic (exact) mass is 504 g/mol. The fourth-order valence-electron chi connectivity index (χ4n) is 3.63. The average Bonchev–Trinajstić information content (AvgIpc) is 2.84. The van der Waals surface area contributed by atoms with E-state index in [1.807, 2.05) is 45.0 Å². The molecule has 184 valence electrons. The molecular weight excluding hydrogens is 480 g/mol. The van der Waals surface area contributed by atoms with Crippen LogP contribution in [0.1, 0.15) is 29.2 Å². The molecule has 1 N–H and O–H groups in total. The maximum absolute atomic E-state index is 13.2. The van der Waals surface area contributed by atoms with Crippen molar-refractivity contribution in [2.75, 3.05) is 11.5 Å². The van der Waals surface area contributed by atoms with E-state index in [1.165, 1.54) is 12.1 Å². The van der Waals surface area contributed by atoms with Gasteiger partial charge in [0.1, 0.15) is 12.2 Å². The van der Waals surface area contributed by atoms with Crippen LogP contribution in [-0.2, 0) is 16.2 Å². The molecule has 4 rings (SSSR count). The van der Waals surface area contributed by atoms with E-state index >= 15 is 0 Å². The predicted molar refractivity (Wildman–Crippen MR) is 138 cm³/mol. The van der Waals surface area contributed by atoms with Crippen molar-refractivity contribution < 1.29 is 23.9 Å². The minimum absolute atomic E-state index is 0.193. The molecule has 4 amide bonds. The van der Waals surface area contributed by atoms with Crippen LogP contribution in [0.2, 0.25) is 5.02 Å². The van der Waals surface area contributed by atoms with Gasteiger partial charge < -0.3 is 9.47 Å². The van der Waals surface area contributed by atoms with E-state index in [0.29, 0.717) is 35.3 Å². The molecule has 3 aromatic rings. The number of halogens is 1. The van der Waals surface area contributed by atoms with Crippen molar-refractivity contribution in [3.63, 3.8) is 0 Å². The highest BCUT2D eigenvalue weighted by Crippen LogP contribution is 2.31. The van der Waals surface area contributed by atoms with Crippen LogP contribution in [0.25, 0.3) is 6.08 Å². The summed E-state index contributed by atoms with van der Waals surface area (Å²) in [6.07, 6.45) is 1.42. The van der Waals surface area contributed by atoms with Gasteiger partial charge in [0.25, 0.3) is 11.8 Å². The Labute approximate surface area is 214 Å². The van der Waals surface area contributed by atoms with Gasteiger partial charge in [0.2, 0.25) is 0 Å². The summed E-state index contributed by atoms with van der Waals surface area (Å²) in [4.78, 5) is 39.1. The number of carbonyl (C=O) groups is 3. The van der Waals surface area contributed by atoms with Crippen LogP contribution in [0, 0.1) is 13.8 Å². The molecule has 0 aromatic heterocycles. The first-order valence-electron chi connectivity index (χ1n) is 11.4. The maximum atomic E-state index is 13.2. The summed E-state index contributed by atoms with van der Waals surface area (Å²) in [7, 11) is 0. The second-order valence-electron chi connectivity index (χ2n) is 8.30. The Morgan fingerprint density at radius 1 is 0.917 bits per heavy atom. The Hall–Kier alpha value is -4.10. The van der Waals surface area contributed by atoms with Crippen LogP contribution in [0.15, 0.2) is 66.2 Å². The van der Waals surface area contributed by atoms with Crippen molar-refractivity contribution in [2.24, 2.45) is 0 Å². The maximum Gasteiger partial charge on any atom is 0.335 e.